The maximum atomic E-state index is 12.5. The minimum absolute atomic E-state index is 0.0724. The van der Waals surface area contributed by atoms with Crippen molar-refractivity contribution in [3.8, 4) is 10.7 Å². The Kier molecular flexibility index (Phi) is 7.09. The Labute approximate surface area is 189 Å². The third-order valence-corrected chi connectivity index (χ3v) is 7.13. The molecular weight excluding hydrogens is 440 g/mol. The van der Waals surface area contributed by atoms with Crippen molar-refractivity contribution in [1.29, 1.82) is 0 Å². The number of hydrogen-bond acceptors (Lipinski definition) is 6. The van der Waals surface area contributed by atoms with E-state index in [0.717, 1.165) is 40.9 Å². The standard InChI is InChI=1S/C21H23ClN4O2S2/c1-14(16-7-2-3-8-17(16)22)23-19(27)13-30-21-25-24-20(18-9-5-11-29-18)26(21)12-15-6-4-10-28-15/h2-3,5,7-9,11,14-15H,4,6,10,12-13H2,1H3,(H,23,27). The van der Waals surface area contributed by atoms with Crippen LogP contribution in [-0.4, -0.2) is 39.1 Å². The minimum atomic E-state index is -0.168. The Balaban J connectivity index is 1.43. The first-order valence-electron chi connectivity index (χ1n) is 9.87. The second-order valence-electron chi connectivity index (χ2n) is 7.13. The van der Waals surface area contributed by atoms with Gasteiger partial charge in [-0.3, -0.25) is 9.36 Å². The number of carbonyl (C=O) groups is 1. The fourth-order valence-corrected chi connectivity index (χ4v) is 5.23. The third kappa shape index (κ3) is 5.06. The molecule has 0 saturated carbocycles. The lowest BCUT2D eigenvalue weighted by Gasteiger charge is -2.16. The molecule has 3 heterocycles. The molecule has 2 aromatic heterocycles. The largest absolute Gasteiger partial charge is 0.376 e. The Morgan fingerprint density at radius 1 is 1.37 bits per heavy atom. The summed E-state index contributed by atoms with van der Waals surface area (Å²) in [4.78, 5) is 13.6. The van der Waals surface area contributed by atoms with Gasteiger partial charge >= 0.3 is 0 Å². The Hall–Kier alpha value is -1.87. The van der Waals surface area contributed by atoms with E-state index in [1.807, 2.05) is 48.7 Å². The molecule has 0 spiro atoms. The van der Waals surface area contributed by atoms with Gasteiger partial charge in [-0.05, 0) is 42.8 Å². The highest BCUT2D eigenvalue weighted by Crippen LogP contribution is 2.29. The lowest BCUT2D eigenvalue weighted by Crippen LogP contribution is -2.28. The summed E-state index contributed by atoms with van der Waals surface area (Å²) >= 11 is 9.26. The van der Waals surface area contributed by atoms with Crippen molar-refractivity contribution in [3.05, 3.63) is 52.4 Å². The Bertz CT molecular complexity index is 987. The number of hydrogen-bond donors (Lipinski definition) is 1. The van der Waals surface area contributed by atoms with Crippen LogP contribution >= 0.6 is 34.7 Å². The molecule has 1 aliphatic rings. The van der Waals surface area contributed by atoms with Crippen LogP contribution in [0, 0.1) is 0 Å². The predicted molar refractivity (Wildman–Crippen MR) is 121 cm³/mol. The molecule has 0 radical (unpaired) electrons. The van der Waals surface area contributed by atoms with Crippen molar-refractivity contribution in [1.82, 2.24) is 20.1 Å². The molecule has 1 aliphatic heterocycles. The molecule has 0 bridgehead atoms. The number of rotatable bonds is 8. The summed E-state index contributed by atoms with van der Waals surface area (Å²) in [5, 5.41) is 15.2. The van der Waals surface area contributed by atoms with Gasteiger partial charge in [-0.15, -0.1) is 21.5 Å². The summed E-state index contributed by atoms with van der Waals surface area (Å²) in [6, 6.07) is 11.4. The molecule has 4 rings (SSSR count). The summed E-state index contributed by atoms with van der Waals surface area (Å²) in [5.41, 5.74) is 0.902. The van der Waals surface area contributed by atoms with E-state index in [9.17, 15) is 4.79 Å². The highest BCUT2D eigenvalue weighted by atomic mass is 35.5. The molecule has 2 atom stereocenters. The molecule has 1 amide bonds. The second-order valence-corrected chi connectivity index (χ2v) is 9.43. The zero-order valence-electron chi connectivity index (χ0n) is 16.6. The maximum Gasteiger partial charge on any atom is 0.230 e. The molecule has 6 nitrogen and oxygen atoms in total. The molecule has 1 aromatic carbocycles. The van der Waals surface area contributed by atoms with E-state index in [1.165, 1.54) is 11.8 Å². The summed E-state index contributed by atoms with van der Waals surface area (Å²) in [7, 11) is 0. The van der Waals surface area contributed by atoms with Crippen LogP contribution in [0.1, 0.15) is 31.4 Å². The summed E-state index contributed by atoms with van der Waals surface area (Å²) in [6.07, 6.45) is 2.27. The normalized spacial score (nSPS) is 17.2. The van der Waals surface area contributed by atoms with Gasteiger partial charge < -0.3 is 10.1 Å². The van der Waals surface area contributed by atoms with Crippen molar-refractivity contribution in [2.75, 3.05) is 12.4 Å². The average molecular weight is 463 g/mol. The number of benzene rings is 1. The minimum Gasteiger partial charge on any atom is -0.376 e. The molecule has 158 valence electrons. The van der Waals surface area contributed by atoms with Crippen LogP contribution in [0.4, 0.5) is 0 Å². The number of thioether (sulfide) groups is 1. The number of nitrogens with zero attached hydrogens (tertiary/aromatic N) is 3. The second kappa shape index (κ2) is 9.96. The van der Waals surface area contributed by atoms with Gasteiger partial charge in [-0.25, -0.2) is 0 Å². The molecule has 1 N–H and O–H groups in total. The average Bonchev–Trinajstić information content (AvgIpc) is 3.49. The number of carbonyl (C=O) groups excluding carboxylic acids is 1. The van der Waals surface area contributed by atoms with E-state index in [4.69, 9.17) is 16.3 Å². The highest BCUT2D eigenvalue weighted by molar-refractivity contribution is 7.99. The van der Waals surface area contributed by atoms with Crippen LogP contribution < -0.4 is 5.32 Å². The number of thiophene rings is 1. The lowest BCUT2D eigenvalue weighted by molar-refractivity contribution is -0.119. The van der Waals surface area contributed by atoms with E-state index in [2.05, 4.69) is 20.1 Å². The van der Waals surface area contributed by atoms with E-state index in [-0.39, 0.29) is 23.8 Å². The van der Waals surface area contributed by atoms with Gasteiger partial charge in [-0.2, -0.15) is 0 Å². The number of ether oxygens (including phenoxy) is 1. The van der Waals surface area contributed by atoms with Crippen molar-refractivity contribution >= 4 is 40.6 Å². The van der Waals surface area contributed by atoms with Gasteiger partial charge in [0.1, 0.15) is 0 Å². The highest BCUT2D eigenvalue weighted by Gasteiger charge is 2.23. The number of halogens is 1. The van der Waals surface area contributed by atoms with E-state index >= 15 is 0 Å². The maximum absolute atomic E-state index is 12.5. The zero-order chi connectivity index (χ0) is 20.9. The predicted octanol–water partition coefficient (Wildman–Crippen LogP) is 4.81. The van der Waals surface area contributed by atoms with Gasteiger partial charge in [0.15, 0.2) is 11.0 Å². The van der Waals surface area contributed by atoms with Gasteiger partial charge in [0, 0.05) is 11.6 Å². The first-order valence-corrected chi connectivity index (χ1v) is 12.1. The zero-order valence-corrected chi connectivity index (χ0v) is 19.0. The Morgan fingerprint density at radius 2 is 2.23 bits per heavy atom. The first-order chi connectivity index (χ1) is 14.6. The molecule has 0 aliphatic carbocycles. The topological polar surface area (TPSA) is 69.0 Å². The van der Waals surface area contributed by atoms with E-state index < -0.39 is 0 Å². The molecule has 3 aromatic rings. The molecule has 9 heteroatoms. The number of nitrogens with one attached hydrogen (secondary N) is 1. The van der Waals surface area contributed by atoms with Gasteiger partial charge in [0.05, 0.1) is 29.3 Å². The summed E-state index contributed by atoms with van der Waals surface area (Å²) in [5.74, 6) is 1.01. The fourth-order valence-electron chi connectivity index (χ4n) is 3.46. The van der Waals surface area contributed by atoms with E-state index in [1.54, 1.807) is 11.3 Å². The van der Waals surface area contributed by atoms with Crippen LogP contribution in [0.25, 0.3) is 10.7 Å². The third-order valence-electron chi connectivity index (χ3n) is 4.95. The Morgan fingerprint density at radius 3 is 2.97 bits per heavy atom. The van der Waals surface area contributed by atoms with Crippen LogP contribution in [-0.2, 0) is 16.1 Å². The lowest BCUT2D eigenvalue weighted by atomic mass is 10.1. The van der Waals surface area contributed by atoms with Crippen molar-refractivity contribution in [2.24, 2.45) is 0 Å². The van der Waals surface area contributed by atoms with E-state index in [0.29, 0.717) is 11.6 Å². The number of amides is 1. The smallest absolute Gasteiger partial charge is 0.230 e. The number of aromatic nitrogens is 3. The van der Waals surface area contributed by atoms with Crippen LogP contribution in [0.3, 0.4) is 0 Å². The molecule has 30 heavy (non-hydrogen) atoms. The van der Waals surface area contributed by atoms with Crippen LogP contribution in [0.2, 0.25) is 5.02 Å². The monoisotopic (exact) mass is 462 g/mol. The molecule has 1 saturated heterocycles. The van der Waals surface area contributed by atoms with Gasteiger partial charge in [0.2, 0.25) is 5.91 Å². The molecule has 2 unspecified atom stereocenters. The SMILES string of the molecule is CC(NC(=O)CSc1nnc(-c2cccs2)n1CC1CCCO1)c1ccccc1Cl. The van der Waals surface area contributed by atoms with Gasteiger partial charge in [0.25, 0.3) is 0 Å². The summed E-state index contributed by atoms with van der Waals surface area (Å²) < 4.78 is 7.90. The fraction of sp³-hybridized carbons (Fsp3) is 0.381. The molecular formula is C21H23ClN4O2S2. The van der Waals surface area contributed by atoms with Gasteiger partial charge in [-0.1, -0.05) is 47.6 Å². The van der Waals surface area contributed by atoms with Crippen LogP contribution in [0.5, 0.6) is 0 Å². The van der Waals surface area contributed by atoms with Crippen molar-refractivity contribution in [3.63, 3.8) is 0 Å². The van der Waals surface area contributed by atoms with Crippen molar-refractivity contribution in [2.45, 2.75) is 43.6 Å². The first kappa shape index (κ1) is 21.4. The van der Waals surface area contributed by atoms with Crippen molar-refractivity contribution < 1.29 is 9.53 Å². The molecule has 1 fully saturated rings. The van der Waals surface area contributed by atoms with Crippen LogP contribution in [0.15, 0.2) is 46.9 Å². The quantitative estimate of drug-likeness (QED) is 0.486. The summed E-state index contributed by atoms with van der Waals surface area (Å²) in [6.45, 7) is 3.42.